The predicted molar refractivity (Wildman–Crippen MR) is 92.6 cm³/mol. The smallest absolute Gasteiger partial charge is 0.320 e. The highest BCUT2D eigenvalue weighted by Crippen LogP contribution is 2.01. The number of carboxylic acids is 1. The fourth-order valence-electron chi connectivity index (χ4n) is 1.88. The first-order chi connectivity index (χ1) is 10.6. The van der Waals surface area contributed by atoms with Crippen LogP contribution in [0.2, 0.25) is 0 Å². The van der Waals surface area contributed by atoms with Gasteiger partial charge in [0.25, 0.3) is 0 Å². The van der Waals surface area contributed by atoms with Crippen molar-refractivity contribution in [1.82, 2.24) is 6.15 Å². The molecular weight excluding hydrogens is 292 g/mol. The summed E-state index contributed by atoms with van der Waals surface area (Å²) in [5.41, 5.74) is 7.60. The Balaban J connectivity index is 0.000000409. The Morgan fingerprint density at radius 3 is 1.87 bits per heavy atom. The van der Waals surface area contributed by atoms with E-state index in [1.54, 1.807) is 0 Å². The number of hydrogen-bond donors (Lipinski definition) is 4. The van der Waals surface area contributed by atoms with Gasteiger partial charge < -0.3 is 22.1 Å². The topological polar surface area (TPSA) is 119 Å². The number of aliphatic hydroxyl groups excluding tert-OH is 1. The number of carbonyl (C=O) groups is 1. The lowest BCUT2D eigenvalue weighted by Gasteiger charge is -2.04. The SMILES string of the molecule is N.NC(Cc1ccccc1)C(=O)O.OCCCc1ccccc1. The minimum Gasteiger partial charge on any atom is -0.480 e. The second kappa shape index (κ2) is 12.3. The Labute approximate surface area is 137 Å². The molecular formula is C18H26N2O3. The van der Waals surface area contributed by atoms with Crippen molar-refractivity contribution in [3.8, 4) is 0 Å². The van der Waals surface area contributed by atoms with E-state index in [1.807, 2.05) is 48.5 Å². The van der Waals surface area contributed by atoms with Gasteiger partial charge in [-0.1, -0.05) is 60.7 Å². The summed E-state index contributed by atoms with van der Waals surface area (Å²) >= 11 is 0. The van der Waals surface area contributed by atoms with E-state index in [9.17, 15) is 4.79 Å². The summed E-state index contributed by atoms with van der Waals surface area (Å²) in [6, 6.07) is 18.7. The van der Waals surface area contributed by atoms with E-state index < -0.39 is 12.0 Å². The minimum atomic E-state index is -0.959. The maximum absolute atomic E-state index is 10.4. The van der Waals surface area contributed by atoms with Crippen LogP contribution >= 0.6 is 0 Å². The molecule has 0 aliphatic heterocycles. The summed E-state index contributed by atoms with van der Waals surface area (Å²) in [5.74, 6) is -0.959. The van der Waals surface area contributed by atoms with Crippen LogP contribution in [0.1, 0.15) is 17.5 Å². The number of benzene rings is 2. The highest BCUT2D eigenvalue weighted by molar-refractivity contribution is 5.73. The lowest BCUT2D eigenvalue weighted by Crippen LogP contribution is -2.32. The lowest BCUT2D eigenvalue weighted by molar-refractivity contribution is -0.138. The fraction of sp³-hybridized carbons (Fsp3) is 0.278. The van der Waals surface area contributed by atoms with Gasteiger partial charge >= 0.3 is 5.97 Å². The van der Waals surface area contributed by atoms with Gasteiger partial charge in [-0.25, -0.2) is 0 Å². The molecule has 2 aromatic carbocycles. The molecule has 0 saturated heterocycles. The zero-order valence-electron chi connectivity index (χ0n) is 13.3. The molecule has 5 heteroatoms. The largest absolute Gasteiger partial charge is 0.480 e. The summed E-state index contributed by atoms with van der Waals surface area (Å²) in [5, 5.41) is 17.0. The maximum atomic E-state index is 10.4. The van der Waals surface area contributed by atoms with E-state index in [0.29, 0.717) is 6.42 Å². The summed E-state index contributed by atoms with van der Waals surface area (Å²) in [4.78, 5) is 10.4. The van der Waals surface area contributed by atoms with Gasteiger partial charge in [-0.15, -0.1) is 0 Å². The average Bonchev–Trinajstić information content (AvgIpc) is 2.55. The van der Waals surface area contributed by atoms with Crippen LogP contribution in [0.4, 0.5) is 0 Å². The van der Waals surface area contributed by atoms with E-state index in [1.165, 1.54) is 5.56 Å². The van der Waals surface area contributed by atoms with Crippen LogP contribution < -0.4 is 11.9 Å². The molecule has 0 amide bonds. The number of aryl methyl sites for hydroxylation is 1. The van der Waals surface area contributed by atoms with E-state index in [0.717, 1.165) is 18.4 Å². The van der Waals surface area contributed by atoms with Crippen molar-refractivity contribution in [2.45, 2.75) is 25.3 Å². The van der Waals surface area contributed by atoms with Crippen molar-refractivity contribution in [2.75, 3.05) is 6.61 Å². The Morgan fingerprint density at radius 1 is 0.957 bits per heavy atom. The standard InChI is InChI=1S/C9H11NO2.C9H12O.H3N/c10-8(9(11)12)6-7-4-2-1-3-5-7;10-8-4-7-9-5-2-1-3-6-9;/h1-5,8H,6,10H2,(H,11,12);1-3,5-6,10H,4,7-8H2;1H3. The molecule has 0 aliphatic carbocycles. The molecule has 0 saturated carbocycles. The predicted octanol–water partition coefficient (Wildman–Crippen LogP) is 2.41. The molecule has 2 rings (SSSR count). The normalized spacial score (nSPS) is 10.7. The summed E-state index contributed by atoms with van der Waals surface area (Å²) in [7, 11) is 0. The van der Waals surface area contributed by atoms with Crippen LogP contribution in [0, 0.1) is 0 Å². The first-order valence-corrected chi connectivity index (χ1v) is 7.30. The molecule has 0 aliphatic rings. The van der Waals surface area contributed by atoms with Gasteiger partial charge in [0, 0.05) is 6.61 Å². The number of rotatable bonds is 6. The molecule has 0 bridgehead atoms. The quantitative estimate of drug-likeness (QED) is 0.652. The summed E-state index contributed by atoms with van der Waals surface area (Å²) in [6.45, 7) is 0.287. The molecule has 0 spiro atoms. The molecule has 1 unspecified atom stereocenters. The molecule has 126 valence electrons. The zero-order valence-corrected chi connectivity index (χ0v) is 13.3. The van der Waals surface area contributed by atoms with Crippen LogP contribution in [0.5, 0.6) is 0 Å². The Bertz CT molecular complexity index is 532. The van der Waals surface area contributed by atoms with Crippen molar-refractivity contribution < 1.29 is 15.0 Å². The van der Waals surface area contributed by atoms with Gasteiger partial charge in [-0.05, 0) is 30.4 Å². The van der Waals surface area contributed by atoms with Crippen LogP contribution in [0.25, 0.3) is 0 Å². The molecule has 23 heavy (non-hydrogen) atoms. The van der Waals surface area contributed by atoms with E-state index in [4.69, 9.17) is 15.9 Å². The Morgan fingerprint density at radius 2 is 1.43 bits per heavy atom. The third kappa shape index (κ3) is 9.42. The summed E-state index contributed by atoms with van der Waals surface area (Å²) in [6.07, 6.45) is 2.23. The first-order valence-electron chi connectivity index (χ1n) is 7.30. The van der Waals surface area contributed by atoms with Crippen LogP contribution in [0.3, 0.4) is 0 Å². The second-order valence-corrected chi connectivity index (χ2v) is 4.95. The second-order valence-electron chi connectivity index (χ2n) is 4.95. The average molecular weight is 318 g/mol. The van der Waals surface area contributed by atoms with Crippen molar-refractivity contribution in [1.29, 1.82) is 0 Å². The first kappa shape index (κ1) is 20.8. The molecule has 2 aromatic rings. The zero-order chi connectivity index (χ0) is 16.2. The van der Waals surface area contributed by atoms with Crippen LogP contribution in [0.15, 0.2) is 60.7 Å². The van der Waals surface area contributed by atoms with Gasteiger partial charge in [0.2, 0.25) is 0 Å². The number of nitrogens with two attached hydrogens (primary N) is 1. The third-order valence-electron chi connectivity index (χ3n) is 3.08. The number of aliphatic carboxylic acids is 1. The van der Waals surface area contributed by atoms with Crippen molar-refractivity contribution in [3.63, 3.8) is 0 Å². The van der Waals surface area contributed by atoms with Crippen LogP contribution in [-0.4, -0.2) is 28.8 Å². The molecule has 0 heterocycles. The number of aliphatic hydroxyl groups is 1. The monoisotopic (exact) mass is 318 g/mol. The van der Waals surface area contributed by atoms with E-state index in [-0.39, 0.29) is 12.8 Å². The fourth-order valence-corrected chi connectivity index (χ4v) is 1.88. The molecule has 0 aromatic heterocycles. The minimum absolute atomic E-state index is 0. The van der Waals surface area contributed by atoms with Crippen molar-refractivity contribution >= 4 is 5.97 Å². The van der Waals surface area contributed by atoms with Crippen molar-refractivity contribution in [3.05, 3.63) is 71.8 Å². The number of hydrogen-bond acceptors (Lipinski definition) is 4. The van der Waals surface area contributed by atoms with Gasteiger partial charge in [-0.3, -0.25) is 4.79 Å². The molecule has 5 nitrogen and oxygen atoms in total. The van der Waals surface area contributed by atoms with E-state index >= 15 is 0 Å². The molecule has 7 N–H and O–H groups in total. The highest BCUT2D eigenvalue weighted by Gasteiger charge is 2.10. The Hall–Kier alpha value is -2.21. The van der Waals surface area contributed by atoms with Gasteiger partial charge in [0.05, 0.1) is 0 Å². The van der Waals surface area contributed by atoms with Gasteiger partial charge in [0.1, 0.15) is 6.04 Å². The van der Waals surface area contributed by atoms with Crippen molar-refractivity contribution in [2.24, 2.45) is 5.73 Å². The molecule has 1 atom stereocenters. The Kier molecular flexibility index (Phi) is 11.2. The third-order valence-corrected chi connectivity index (χ3v) is 3.08. The summed E-state index contributed by atoms with van der Waals surface area (Å²) < 4.78 is 0. The molecule has 0 radical (unpaired) electrons. The lowest BCUT2D eigenvalue weighted by atomic mass is 10.1. The van der Waals surface area contributed by atoms with Gasteiger partial charge in [0.15, 0.2) is 0 Å². The van der Waals surface area contributed by atoms with E-state index in [2.05, 4.69) is 12.1 Å². The molecule has 0 fully saturated rings. The number of carboxylic acid groups (broad SMARTS) is 1. The van der Waals surface area contributed by atoms with Crippen LogP contribution in [-0.2, 0) is 17.6 Å². The highest BCUT2D eigenvalue weighted by atomic mass is 16.4. The maximum Gasteiger partial charge on any atom is 0.320 e. The van der Waals surface area contributed by atoms with Gasteiger partial charge in [-0.2, -0.15) is 0 Å².